The van der Waals surface area contributed by atoms with E-state index in [0.29, 0.717) is 28.2 Å². The van der Waals surface area contributed by atoms with E-state index < -0.39 is 0 Å². The Bertz CT molecular complexity index is 903. The molecular formula is C21H28BrN5O2S. The molecule has 1 aliphatic carbocycles. The standard InChI is InChI=1S/C21H28BrN5O2S/c1-13-8-4-7-11-17(13)24-18(28)12-30-21-26-25-19(27(21)3)14(2)23-20(29)15-9-5-6-10-16(15)22/h5-6,9-10,13-14,17H,4,7-8,11-12H2,1-3H3,(H,23,29)(H,24,28)/t13-,14-,17-/m0/s1. The van der Waals surface area contributed by atoms with Gasteiger partial charge in [-0.2, -0.15) is 0 Å². The van der Waals surface area contributed by atoms with Gasteiger partial charge in [0.15, 0.2) is 11.0 Å². The van der Waals surface area contributed by atoms with Crippen molar-refractivity contribution in [2.75, 3.05) is 5.75 Å². The molecule has 30 heavy (non-hydrogen) atoms. The first-order valence-corrected chi connectivity index (χ1v) is 12.0. The van der Waals surface area contributed by atoms with Crippen molar-refractivity contribution in [1.82, 2.24) is 25.4 Å². The zero-order chi connectivity index (χ0) is 21.7. The van der Waals surface area contributed by atoms with Crippen molar-refractivity contribution in [2.24, 2.45) is 13.0 Å². The third kappa shape index (κ3) is 5.63. The summed E-state index contributed by atoms with van der Waals surface area (Å²) in [6.07, 6.45) is 4.66. The van der Waals surface area contributed by atoms with Crippen molar-refractivity contribution in [3.05, 3.63) is 40.1 Å². The number of carbonyl (C=O) groups excluding carboxylic acids is 2. The monoisotopic (exact) mass is 493 g/mol. The van der Waals surface area contributed by atoms with E-state index in [2.05, 4.69) is 43.7 Å². The summed E-state index contributed by atoms with van der Waals surface area (Å²) in [5.41, 5.74) is 0.565. The fraction of sp³-hybridized carbons (Fsp3) is 0.524. The van der Waals surface area contributed by atoms with Crippen LogP contribution in [0.25, 0.3) is 0 Å². The Morgan fingerprint density at radius 3 is 2.73 bits per heavy atom. The molecule has 0 unspecified atom stereocenters. The van der Waals surface area contributed by atoms with Crippen LogP contribution in [-0.4, -0.2) is 38.4 Å². The lowest BCUT2D eigenvalue weighted by Gasteiger charge is -2.29. The Morgan fingerprint density at radius 2 is 2.00 bits per heavy atom. The average molecular weight is 494 g/mol. The van der Waals surface area contributed by atoms with Crippen molar-refractivity contribution in [3.63, 3.8) is 0 Å². The third-order valence-corrected chi connectivity index (χ3v) is 7.22. The van der Waals surface area contributed by atoms with Gasteiger partial charge in [-0.05, 0) is 53.7 Å². The highest BCUT2D eigenvalue weighted by Crippen LogP contribution is 2.24. The van der Waals surface area contributed by atoms with Crippen molar-refractivity contribution < 1.29 is 9.59 Å². The zero-order valence-corrected chi connectivity index (χ0v) is 19.9. The van der Waals surface area contributed by atoms with Gasteiger partial charge in [-0.1, -0.05) is 43.7 Å². The van der Waals surface area contributed by atoms with Crippen LogP contribution in [0.5, 0.6) is 0 Å². The molecule has 0 saturated heterocycles. The lowest BCUT2D eigenvalue weighted by atomic mass is 9.86. The van der Waals surface area contributed by atoms with Gasteiger partial charge in [-0.3, -0.25) is 9.59 Å². The van der Waals surface area contributed by atoms with Gasteiger partial charge < -0.3 is 15.2 Å². The number of carbonyl (C=O) groups is 2. The van der Waals surface area contributed by atoms with Gasteiger partial charge in [0.2, 0.25) is 5.91 Å². The molecule has 1 aromatic carbocycles. The van der Waals surface area contributed by atoms with Crippen LogP contribution in [0.3, 0.4) is 0 Å². The zero-order valence-electron chi connectivity index (χ0n) is 17.5. The average Bonchev–Trinajstić information content (AvgIpc) is 3.09. The van der Waals surface area contributed by atoms with Gasteiger partial charge in [0.05, 0.1) is 17.4 Å². The van der Waals surface area contributed by atoms with Gasteiger partial charge in [-0.25, -0.2) is 0 Å². The number of aromatic nitrogens is 3. The van der Waals surface area contributed by atoms with Crippen molar-refractivity contribution in [1.29, 1.82) is 0 Å². The molecule has 2 amide bonds. The van der Waals surface area contributed by atoms with Crippen molar-refractivity contribution in [3.8, 4) is 0 Å². The van der Waals surface area contributed by atoms with Crippen LogP contribution in [0, 0.1) is 5.92 Å². The molecule has 3 atom stereocenters. The largest absolute Gasteiger partial charge is 0.352 e. The van der Waals surface area contributed by atoms with Gasteiger partial charge in [0.1, 0.15) is 0 Å². The maximum absolute atomic E-state index is 12.5. The fourth-order valence-electron chi connectivity index (χ4n) is 3.72. The van der Waals surface area contributed by atoms with E-state index in [1.807, 2.05) is 36.7 Å². The predicted octanol–water partition coefficient (Wildman–Crippen LogP) is 3.86. The summed E-state index contributed by atoms with van der Waals surface area (Å²) in [6, 6.07) is 7.22. The highest BCUT2D eigenvalue weighted by molar-refractivity contribution is 9.10. The molecule has 0 radical (unpaired) electrons. The lowest BCUT2D eigenvalue weighted by Crippen LogP contribution is -2.41. The third-order valence-electron chi connectivity index (χ3n) is 5.51. The van der Waals surface area contributed by atoms with Gasteiger partial charge in [-0.15, -0.1) is 10.2 Å². The maximum atomic E-state index is 12.5. The van der Waals surface area contributed by atoms with E-state index in [4.69, 9.17) is 0 Å². The number of rotatable bonds is 7. The minimum Gasteiger partial charge on any atom is -0.352 e. The Morgan fingerprint density at radius 1 is 1.27 bits per heavy atom. The first-order chi connectivity index (χ1) is 14.4. The summed E-state index contributed by atoms with van der Waals surface area (Å²) >= 11 is 4.76. The Labute approximate surface area is 189 Å². The smallest absolute Gasteiger partial charge is 0.253 e. The van der Waals surface area contributed by atoms with Crippen LogP contribution >= 0.6 is 27.7 Å². The summed E-state index contributed by atoms with van der Waals surface area (Å²) in [4.78, 5) is 24.9. The second kappa shape index (κ2) is 10.4. The molecule has 9 heteroatoms. The first-order valence-electron chi connectivity index (χ1n) is 10.2. The molecule has 0 aliphatic heterocycles. The van der Waals surface area contributed by atoms with Crippen LogP contribution in [0.4, 0.5) is 0 Å². The van der Waals surface area contributed by atoms with Gasteiger partial charge >= 0.3 is 0 Å². The molecule has 0 spiro atoms. The van der Waals surface area contributed by atoms with Crippen LogP contribution in [0.15, 0.2) is 33.9 Å². The van der Waals surface area contributed by atoms with E-state index in [-0.39, 0.29) is 23.9 Å². The SMILES string of the molecule is C[C@H](NC(=O)c1ccccc1Br)c1nnc(SCC(=O)N[C@H]2CCCC[C@@H]2C)n1C. The summed E-state index contributed by atoms with van der Waals surface area (Å²) in [5, 5.41) is 15.2. The molecule has 3 rings (SSSR count). The second-order valence-corrected chi connectivity index (χ2v) is 9.60. The summed E-state index contributed by atoms with van der Waals surface area (Å²) in [6.45, 7) is 4.07. The Balaban J connectivity index is 1.55. The molecule has 2 aromatic rings. The molecule has 0 bridgehead atoms. The Hall–Kier alpha value is -1.87. The van der Waals surface area contributed by atoms with E-state index in [9.17, 15) is 9.59 Å². The highest BCUT2D eigenvalue weighted by atomic mass is 79.9. The number of nitrogens with zero attached hydrogens (tertiary/aromatic N) is 3. The van der Waals surface area contributed by atoms with Crippen LogP contribution in [0.2, 0.25) is 0 Å². The van der Waals surface area contributed by atoms with E-state index in [1.54, 1.807) is 6.07 Å². The van der Waals surface area contributed by atoms with E-state index in [1.165, 1.54) is 31.0 Å². The van der Waals surface area contributed by atoms with Crippen molar-refractivity contribution >= 4 is 39.5 Å². The van der Waals surface area contributed by atoms with E-state index >= 15 is 0 Å². The van der Waals surface area contributed by atoms with Crippen LogP contribution in [-0.2, 0) is 11.8 Å². The predicted molar refractivity (Wildman–Crippen MR) is 121 cm³/mol. The first kappa shape index (κ1) is 22.8. The minimum absolute atomic E-state index is 0.0265. The molecular weight excluding hydrogens is 466 g/mol. The molecule has 2 N–H and O–H groups in total. The number of halogens is 1. The number of benzene rings is 1. The van der Waals surface area contributed by atoms with Gasteiger partial charge in [0.25, 0.3) is 5.91 Å². The lowest BCUT2D eigenvalue weighted by molar-refractivity contribution is -0.119. The highest BCUT2D eigenvalue weighted by Gasteiger charge is 2.24. The minimum atomic E-state index is -0.326. The molecule has 1 aromatic heterocycles. The number of hydrogen-bond acceptors (Lipinski definition) is 5. The summed E-state index contributed by atoms with van der Waals surface area (Å²) in [7, 11) is 1.85. The van der Waals surface area contributed by atoms with E-state index in [0.717, 1.165) is 10.9 Å². The fourth-order valence-corrected chi connectivity index (χ4v) is 4.92. The van der Waals surface area contributed by atoms with Crippen molar-refractivity contribution in [2.45, 2.75) is 56.8 Å². The molecule has 1 aliphatic rings. The van der Waals surface area contributed by atoms with Gasteiger partial charge in [0, 0.05) is 17.6 Å². The topological polar surface area (TPSA) is 88.9 Å². The summed E-state index contributed by atoms with van der Waals surface area (Å²) in [5.74, 6) is 1.31. The molecule has 7 nitrogen and oxygen atoms in total. The Kier molecular flexibility index (Phi) is 7.93. The maximum Gasteiger partial charge on any atom is 0.253 e. The molecule has 1 saturated carbocycles. The quantitative estimate of drug-likeness (QED) is 0.571. The molecule has 162 valence electrons. The number of nitrogens with one attached hydrogen (secondary N) is 2. The normalized spacial score (nSPS) is 19.9. The van der Waals surface area contributed by atoms with Crippen LogP contribution in [0.1, 0.15) is 61.8 Å². The summed E-state index contributed by atoms with van der Waals surface area (Å²) < 4.78 is 2.56. The number of hydrogen-bond donors (Lipinski definition) is 2. The number of thioether (sulfide) groups is 1. The molecule has 1 fully saturated rings. The second-order valence-electron chi connectivity index (χ2n) is 7.80. The molecule has 1 heterocycles. The number of amides is 2. The van der Waals surface area contributed by atoms with Crippen LogP contribution < -0.4 is 10.6 Å².